The van der Waals surface area contributed by atoms with Gasteiger partial charge in [-0.2, -0.15) is 0 Å². The lowest BCUT2D eigenvalue weighted by Gasteiger charge is -2.12. The number of ether oxygens (including phenoxy) is 1. The summed E-state index contributed by atoms with van der Waals surface area (Å²) in [4.78, 5) is 7.56. The normalized spacial score (nSPS) is 10.7. The molecular weight excluding hydrogens is 361 g/mol. The summed E-state index contributed by atoms with van der Waals surface area (Å²) in [6, 6.07) is 8.49. The van der Waals surface area contributed by atoms with Gasteiger partial charge >= 0.3 is 0 Å². The van der Waals surface area contributed by atoms with E-state index in [0.717, 1.165) is 34.7 Å². The van der Waals surface area contributed by atoms with Crippen LogP contribution in [0.1, 0.15) is 18.7 Å². The Kier molecular flexibility index (Phi) is 6.28. The Labute approximate surface area is 163 Å². The minimum atomic E-state index is -0.414. The number of nitrogens with one attached hydrogen (secondary N) is 1. The van der Waals surface area contributed by atoms with Crippen molar-refractivity contribution in [1.29, 1.82) is 0 Å². The molecular formula is C21H22FN3OS. The van der Waals surface area contributed by atoms with E-state index in [0.29, 0.717) is 11.4 Å². The molecule has 2 heterocycles. The topological polar surface area (TPSA) is 37.4 Å². The molecule has 0 saturated heterocycles. The van der Waals surface area contributed by atoms with E-state index in [1.807, 2.05) is 6.07 Å². The van der Waals surface area contributed by atoms with Gasteiger partial charge < -0.3 is 10.1 Å². The highest BCUT2D eigenvalue weighted by molar-refractivity contribution is 7.19. The van der Waals surface area contributed by atoms with Gasteiger partial charge in [-0.1, -0.05) is 25.7 Å². The van der Waals surface area contributed by atoms with Gasteiger partial charge in [0.1, 0.15) is 5.75 Å². The number of aromatic nitrogens is 1. The fourth-order valence-corrected chi connectivity index (χ4v) is 3.54. The highest BCUT2D eigenvalue weighted by atomic mass is 32.1. The number of rotatable bonds is 6. The maximum Gasteiger partial charge on any atom is 0.167 e. The first-order valence-electron chi connectivity index (χ1n) is 8.89. The molecule has 1 N–H and O–H groups in total. The van der Waals surface area contributed by atoms with E-state index in [1.165, 1.54) is 17.4 Å². The molecule has 0 bridgehead atoms. The Balaban J connectivity index is 1.85. The van der Waals surface area contributed by atoms with Crippen molar-refractivity contribution in [2.24, 2.45) is 0 Å². The maximum atomic E-state index is 14.2. The summed E-state index contributed by atoms with van der Waals surface area (Å²) >= 11 is 1.51. The summed E-state index contributed by atoms with van der Waals surface area (Å²) in [5, 5.41) is 2.91. The lowest BCUT2D eigenvalue weighted by atomic mass is 10.3. The Bertz CT molecular complexity index is 986. The van der Waals surface area contributed by atoms with Crippen molar-refractivity contribution in [1.82, 2.24) is 9.88 Å². The Morgan fingerprint density at radius 2 is 2.00 bits per heavy atom. The van der Waals surface area contributed by atoms with E-state index in [9.17, 15) is 4.39 Å². The number of halogens is 1. The lowest BCUT2D eigenvalue weighted by Crippen LogP contribution is -2.22. The highest BCUT2D eigenvalue weighted by Gasteiger charge is 2.11. The van der Waals surface area contributed by atoms with Crippen molar-refractivity contribution in [3.63, 3.8) is 0 Å². The molecule has 0 aliphatic rings. The number of benzene rings is 1. The molecule has 0 saturated carbocycles. The van der Waals surface area contributed by atoms with Crippen LogP contribution in [-0.2, 0) is 0 Å². The van der Waals surface area contributed by atoms with Gasteiger partial charge in [0.05, 0.1) is 21.6 Å². The predicted molar refractivity (Wildman–Crippen MR) is 110 cm³/mol. The highest BCUT2D eigenvalue weighted by Crippen LogP contribution is 2.35. The van der Waals surface area contributed by atoms with Gasteiger partial charge in [-0.3, -0.25) is 9.88 Å². The van der Waals surface area contributed by atoms with Crippen LogP contribution in [0.5, 0.6) is 11.5 Å². The molecule has 27 heavy (non-hydrogen) atoms. The molecule has 0 aliphatic heterocycles. The minimum absolute atomic E-state index is 0.184. The summed E-state index contributed by atoms with van der Waals surface area (Å²) in [5.74, 6) is 6.76. The third-order valence-corrected chi connectivity index (χ3v) is 5.28. The van der Waals surface area contributed by atoms with Crippen LogP contribution in [0, 0.1) is 17.7 Å². The summed E-state index contributed by atoms with van der Waals surface area (Å²) in [6.07, 6.45) is 1.66. The molecule has 4 nitrogen and oxygen atoms in total. The molecule has 0 aliphatic carbocycles. The molecule has 0 spiro atoms. The fraction of sp³-hybridized carbons (Fsp3) is 0.286. The van der Waals surface area contributed by atoms with Crippen LogP contribution in [0.15, 0.2) is 36.5 Å². The van der Waals surface area contributed by atoms with Crippen molar-refractivity contribution >= 4 is 27.2 Å². The van der Waals surface area contributed by atoms with Crippen molar-refractivity contribution < 1.29 is 9.13 Å². The zero-order valence-corrected chi connectivity index (χ0v) is 16.5. The number of nitrogens with zero attached hydrogens (tertiary/aromatic N) is 2. The van der Waals surface area contributed by atoms with Gasteiger partial charge in [-0.25, -0.2) is 4.39 Å². The number of fused-ring (bicyclic) bond motifs is 1. The number of hydrogen-bond donors (Lipinski definition) is 1. The Hall–Kier alpha value is -2.62. The first kappa shape index (κ1) is 19.2. The molecule has 1 aromatic carbocycles. The zero-order chi connectivity index (χ0) is 19.2. The monoisotopic (exact) mass is 383 g/mol. The second kappa shape index (κ2) is 8.85. The van der Waals surface area contributed by atoms with Gasteiger partial charge in [-0.05, 0) is 31.3 Å². The van der Waals surface area contributed by atoms with E-state index >= 15 is 0 Å². The molecule has 0 atom stereocenters. The average Bonchev–Trinajstić information content (AvgIpc) is 3.10. The van der Waals surface area contributed by atoms with Crippen LogP contribution in [0.3, 0.4) is 0 Å². The summed E-state index contributed by atoms with van der Waals surface area (Å²) in [5.41, 5.74) is 1.50. The molecule has 0 radical (unpaired) electrons. The first-order chi connectivity index (χ1) is 13.1. The molecule has 3 rings (SSSR count). The maximum absolute atomic E-state index is 14.2. The second-order valence-corrected chi connectivity index (χ2v) is 6.95. The Morgan fingerprint density at radius 1 is 1.19 bits per heavy atom. The third kappa shape index (κ3) is 4.57. The van der Waals surface area contributed by atoms with Crippen molar-refractivity contribution in [3.8, 4) is 23.3 Å². The van der Waals surface area contributed by atoms with Crippen molar-refractivity contribution in [2.75, 3.05) is 32.0 Å². The average molecular weight is 383 g/mol. The number of anilines is 1. The predicted octanol–water partition coefficient (Wildman–Crippen LogP) is 4.96. The van der Waals surface area contributed by atoms with Gasteiger partial charge in [-0.15, -0.1) is 11.3 Å². The van der Waals surface area contributed by atoms with Gasteiger partial charge in [0.2, 0.25) is 0 Å². The molecule has 140 valence electrons. The van der Waals surface area contributed by atoms with Crippen LogP contribution >= 0.6 is 11.3 Å². The van der Waals surface area contributed by atoms with Crippen LogP contribution in [0.2, 0.25) is 0 Å². The third-order valence-electron chi connectivity index (χ3n) is 4.22. The van der Waals surface area contributed by atoms with Gasteiger partial charge in [0, 0.05) is 31.1 Å². The summed E-state index contributed by atoms with van der Waals surface area (Å²) in [7, 11) is 1.75. The SMILES string of the molecule is CCN(CC)CC#Cc1cc2nccc(Oc3ccc(NC)cc3F)c2s1. The molecule has 0 fully saturated rings. The van der Waals surface area contributed by atoms with E-state index in [4.69, 9.17) is 4.74 Å². The van der Waals surface area contributed by atoms with E-state index < -0.39 is 5.82 Å². The first-order valence-corrected chi connectivity index (χ1v) is 9.71. The number of thiophene rings is 1. The molecule has 0 unspecified atom stereocenters. The quantitative estimate of drug-likeness (QED) is 0.610. The largest absolute Gasteiger partial charge is 0.453 e. The Morgan fingerprint density at radius 3 is 2.70 bits per heavy atom. The standard InChI is InChI=1S/C21H22FN3OS/c1-4-25(5-2)12-6-7-16-14-18-21(27-16)20(10-11-24-18)26-19-9-8-15(23-3)13-17(19)22/h8-11,13-14,23H,4-5,12H2,1-3H3. The van der Waals surface area contributed by atoms with E-state index in [1.54, 1.807) is 31.4 Å². The van der Waals surface area contributed by atoms with Crippen molar-refractivity contribution in [2.45, 2.75) is 13.8 Å². The van der Waals surface area contributed by atoms with Crippen LogP contribution in [0.25, 0.3) is 10.2 Å². The van der Waals surface area contributed by atoms with Crippen LogP contribution in [-0.4, -0.2) is 36.6 Å². The van der Waals surface area contributed by atoms with Crippen molar-refractivity contribution in [3.05, 3.63) is 47.2 Å². The van der Waals surface area contributed by atoms with Gasteiger partial charge in [0.25, 0.3) is 0 Å². The number of pyridine rings is 1. The smallest absolute Gasteiger partial charge is 0.167 e. The zero-order valence-electron chi connectivity index (χ0n) is 15.7. The second-order valence-electron chi connectivity index (χ2n) is 5.89. The van der Waals surface area contributed by atoms with Gasteiger partial charge in [0.15, 0.2) is 11.6 Å². The summed E-state index contributed by atoms with van der Waals surface area (Å²) < 4.78 is 20.9. The van der Waals surface area contributed by atoms with Crippen LogP contribution < -0.4 is 10.1 Å². The molecule has 6 heteroatoms. The fourth-order valence-electron chi connectivity index (χ4n) is 2.60. The molecule has 0 amide bonds. The molecule has 3 aromatic rings. The lowest BCUT2D eigenvalue weighted by molar-refractivity contribution is 0.342. The van der Waals surface area contributed by atoms with E-state index in [2.05, 4.69) is 40.9 Å². The molecule has 2 aromatic heterocycles. The van der Waals surface area contributed by atoms with E-state index in [-0.39, 0.29) is 5.75 Å². The minimum Gasteiger partial charge on any atom is -0.453 e. The number of hydrogen-bond acceptors (Lipinski definition) is 5. The summed E-state index contributed by atoms with van der Waals surface area (Å²) in [6.45, 7) is 6.95. The van der Waals surface area contributed by atoms with Crippen LogP contribution in [0.4, 0.5) is 10.1 Å².